The van der Waals surface area contributed by atoms with E-state index in [-0.39, 0.29) is 11.1 Å². The Morgan fingerprint density at radius 3 is 1.86 bits per heavy atom. The van der Waals surface area contributed by atoms with Crippen molar-refractivity contribution in [3.63, 3.8) is 0 Å². The fourth-order valence-electron chi connectivity index (χ4n) is 4.69. The average molecular weight is 611 g/mol. The van der Waals surface area contributed by atoms with Gasteiger partial charge in [0.25, 0.3) is 0 Å². The molecule has 0 amide bonds. The summed E-state index contributed by atoms with van der Waals surface area (Å²) < 4.78 is 106. The average Bonchev–Trinajstić information content (AvgIpc) is 2.99. The third-order valence-corrected chi connectivity index (χ3v) is 7.00. The number of rotatable bonds is 10. The summed E-state index contributed by atoms with van der Waals surface area (Å²) in [5.41, 5.74) is 0.189. The van der Waals surface area contributed by atoms with Gasteiger partial charge in [-0.25, -0.2) is 31.9 Å². The van der Waals surface area contributed by atoms with E-state index in [1.807, 2.05) is 0 Å². The first-order chi connectivity index (χ1) is 21.1. The highest BCUT2D eigenvalue weighted by atomic mass is 19.3. The molecule has 1 heterocycles. The molecule has 5 aromatic rings. The first-order valence-corrected chi connectivity index (χ1v) is 13.8. The minimum Gasteiger partial charge on any atom is -0.429 e. The Morgan fingerprint density at radius 1 is 0.636 bits per heavy atom. The van der Waals surface area contributed by atoms with Crippen molar-refractivity contribution >= 4 is 0 Å². The monoisotopic (exact) mass is 610 g/mol. The lowest BCUT2D eigenvalue weighted by molar-refractivity contribution is -0.185. The molecular formula is C34H25F7N2O. The molecular weight excluding hydrogens is 585 g/mol. The van der Waals surface area contributed by atoms with Gasteiger partial charge in [0.05, 0.1) is 11.1 Å². The van der Waals surface area contributed by atoms with Gasteiger partial charge in [0.1, 0.15) is 23.2 Å². The maximum Gasteiger partial charge on any atom is 0.426 e. The Kier molecular flexibility index (Phi) is 8.98. The van der Waals surface area contributed by atoms with Crippen LogP contribution in [0.25, 0.3) is 33.6 Å². The second-order valence-electron chi connectivity index (χ2n) is 10.2. The number of ether oxygens (including phenoxy) is 1. The summed E-state index contributed by atoms with van der Waals surface area (Å²) >= 11 is 0. The SMILES string of the molecule is CCCCCc1cnc(-c2ccc(-c3ccc(C(F)(F)Oc4cc(F)c(-c5ccc(F)c(F)c5)c(F)c4)cc3)c(F)c2)nc1. The van der Waals surface area contributed by atoms with Gasteiger partial charge in [-0.1, -0.05) is 50.1 Å². The van der Waals surface area contributed by atoms with Crippen LogP contribution in [0.3, 0.4) is 0 Å². The number of halogens is 7. The van der Waals surface area contributed by atoms with E-state index in [4.69, 9.17) is 0 Å². The van der Waals surface area contributed by atoms with Gasteiger partial charge in [-0.05, 0) is 59.9 Å². The first kappa shape index (κ1) is 30.7. The van der Waals surface area contributed by atoms with E-state index in [2.05, 4.69) is 21.6 Å². The smallest absolute Gasteiger partial charge is 0.426 e. The Bertz CT molecular complexity index is 1750. The molecule has 0 bridgehead atoms. The van der Waals surface area contributed by atoms with Crippen LogP contribution in [-0.2, 0) is 12.5 Å². The summed E-state index contributed by atoms with van der Waals surface area (Å²) in [4.78, 5) is 8.66. The van der Waals surface area contributed by atoms with Gasteiger partial charge in [-0.3, -0.25) is 0 Å². The van der Waals surface area contributed by atoms with Gasteiger partial charge in [-0.2, -0.15) is 8.78 Å². The Hall–Kier alpha value is -4.73. The van der Waals surface area contributed by atoms with Gasteiger partial charge < -0.3 is 4.74 Å². The van der Waals surface area contributed by atoms with Gasteiger partial charge in [0.15, 0.2) is 17.5 Å². The minimum absolute atomic E-state index is 0.151. The lowest BCUT2D eigenvalue weighted by Crippen LogP contribution is -2.22. The van der Waals surface area contributed by atoms with Crippen molar-refractivity contribution in [2.45, 2.75) is 38.7 Å². The molecule has 44 heavy (non-hydrogen) atoms. The molecule has 0 saturated carbocycles. The van der Waals surface area contributed by atoms with E-state index < -0.39 is 52.1 Å². The summed E-state index contributed by atoms with van der Waals surface area (Å²) in [6.45, 7) is 2.12. The van der Waals surface area contributed by atoms with Crippen LogP contribution in [0.4, 0.5) is 30.7 Å². The topological polar surface area (TPSA) is 35.0 Å². The van der Waals surface area contributed by atoms with E-state index in [1.54, 1.807) is 18.5 Å². The molecule has 0 aliphatic carbocycles. The molecule has 0 aliphatic rings. The molecule has 4 aromatic carbocycles. The van der Waals surface area contributed by atoms with E-state index in [0.717, 1.165) is 49.4 Å². The van der Waals surface area contributed by atoms with Gasteiger partial charge in [0.2, 0.25) is 0 Å². The second kappa shape index (κ2) is 12.9. The van der Waals surface area contributed by atoms with Crippen LogP contribution in [0, 0.1) is 29.1 Å². The molecule has 0 N–H and O–H groups in total. The molecule has 0 radical (unpaired) electrons. The largest absolute Gasteiger partial charge is 0.429 e. The molecule has 10 heteroatoms. The predicted octanol–water partition coefficient (Wildman–Crippen LogP) is 10.0. The number of alkyl halides is 2. The highest BCUT2D eigenvalue weighted by Crippen LogP contribution is 2.37. The number of aromatic nitrogens is 2. The first-order valence-electron chi connectivity index (χ1n) is 13.8. The zero-order valence-electron chi connectivity index (χ0n) is 23.4. The lowest BCUT2D eigenvalue weighted by atomic mass is 10.0. The van der Waals surface area contributed by atoms with Crippen LogP contribution in [0.2, 0.25) is 0 Å². The summed E-state index contributed by atoms with van der Waals surface area (Å²) in [5, 5.41) is 0. The molecule has 226 valence electrons. The van der Waals surface area contributed by atoms with Crippen molar-refractivity contribution in [3.05, 3.63) is 125 Å². The Balaban J connectivity index is 1.31. The van der Waals surface area contributed by atoms with Crippen molar-refractivity contribution in [1.82, 2.24) is 9.97 Å². The van der Waals surface area contributed by atoms with Crippen molar-refractivity contribution in [2.24, 2.45) is 0 Å². The van der Waals surface area contributed by atoms with E-state index in [1.165, 1.54) is 24.3 Å². The van der Waals surface area contributed by atoms with Crippen LogP contribution < -0.4 is 4.74 Å². The zero-order chi connectivity index (χ0) is 31.4. The third-order valence-electron chi connectivity index (χ3n) is 7.00. The molecule has 0 aliphatic heterocycles. The zero-order valence-corrected chi connectivity index (χ0v) is 23.4. The Labute approximate surface area is 249 Å². The molecule has 5 rings (SSSR count). The molecule has 0 saturated heterocycles. The fourth-order valence-corrected chi connectivity index (χ4v) is 4.69. The third kappa shape index (κ3) is 6.74. The lowest BCUT2D eigenvalue weighted by Gasteiger charge is -2.19. The van der Waals surface area contributed by atoms with Gasteiger partial charge >= 0.3 is 6.11 Å². The Morgan fingerprint density at radius 2 is 1.25 bits per heavy atom. The number of aryl methyl sites for hydroxylation is 1. The highest BCUT2D eigenvalue weighted by Gasteiger charge is 2.35. The molecule has 0 atom stereocenters. The number of hydrogen-bond acceptors (Lipinski definition) is 3. The number of nitrogens with zero attached hydrogens (tertiary/aromatic N) is 2. The molecule has 0 unspecified atom stereocenters. The van der Waals surface area contributed by atoms with Crippen molar-refractivity contribution in [1.29, 1.82) is 0 Å². The highest BCUT2D eigenvalue weighted by molar-refractivity contribution is 5.69. The fraction of sp³-hybridized carbons (Fsp3) is 0.176. The van der Waals surface area contributed by atoms with Crippen LogP contribution in [0.1, 0.15) is 37.3 Å². The van der Waals surface area contributed by atoms with Crippen LogP contribution >= 0.6 is 0 Å². The normalized spacial score (nSPS) is 11.5. The maximum atomic E-state index is 15.1. The predicted molar refractivity (Wildman–Crippen MR) is 152 cm³/mol. The van der Waals surface area contributed by atoms with Crippen LogP contribution in [0.5, 0.6) is 5.75 Å². The molecule has 0 spiro atoms. The van der Waals surface area contributed by atoms with E-state index >= 15 is 4.39 Å². The molecule has 3 nitrogen and oxygen atoms in total. The van der Waals surface area contributed by atoms with Crippen LogP contribution in [0.15, 0.2) is 85.2 Å². The van der Waals surface area contributed by atoms with Crippen molar-refractivity contribution < 1.29 is 35.5 Å². The minimum atomic E-state index is -4.02. The summed E-state index contributed by atoms with van der Waals surface area (Å²) in [7, 11) is 0. The standard InChI is InChI=1S/C34H25F7N2O/c1-2-3-4-5-20-18-42-33(43-19-20)23-8-12-26(28(36)15-23)21-6-10-24(11-7-21)34(40,41)44-25-16-30(38)32(31(39)17-25)22-9-13-27(35)29(37)14-22/h6-19H,2-5H2,1H3. The number of hydrogen-bond donors (Lipinski definition) is 0. The number of benzene rings is 4. The van der Waals surface area contributed by atoms with Crippen molar-refractivity contribution in [3.8, 4) is 39.4 Å². The summed E-state index contributed by atoms with van der Waals surface area (Å²) in [5.74, 6) is -6.27. The van der Waals surface area contributed by atoms with Gasteiger partial charge in [-0.15, -0.1) is 0 Å². The van der Waals surface area contributed by atoms with Gasteiger partial charge in [0, 0.05) is 35.7 Å². The molecule has 1 aromatic heterocycles. The van der Waals surface area contributed by atoms with E-state index in [9.17, 15) is 26.3 Å². The van der Waals surface area contributed by atoms with E-state index in [0.29, 0.717) is 41.2 Å². The summed E-state index contributed by atoms with van der Waals surface area (Å²) in [6, 6.07) is 12.2. The van der Waals surface area contributed by atoms with Crippen molar-refractivity contribution in [2.75, 3.05) is 0 Å². The maximum absolute atomic E-state index is 15.1. The quantitative estimate of drug-likeness (QED) is 0.117. The second-order valence-corrected chi connectivity index (χ2v) is 10.2. The molecule has 0 fully saturated rings. The number of unbranched alkanes of at least 4 members (excludes halogenated alkanes) is 2. The van der Waals surface area contributed by atoms with Crippen LogP contribution in [-0.4, -0.2) is 9.97 Å². The summed E-state index contributed by atoms with van der Waals surface area (Å²) in [6.07, 6.45) is 3.52.